The summed E-state index contributed by atoms with van der Waals surface area (Å²) in [5, 5.41) is 11.6. The maximum Gasteiger partial charge on any atom is 0.404 e. The maximum atomic E-state index is 14.5. The first kappa shape index (κ1) is 24.3. The van der Waals surface area contributed by atoms with Crippen LogP contribution in [0, 0.1) is 23.0 Å². The SMILES string of the molecule is CC(C)(C)C(Cc1cc(-c2cccnc2F)n(S(=O)(=O)c2cccc(F)c2F)c1)NC(=O)O. The lowest BCUT2D eigenvalue weighted by atomic mass is 9.83. The third kappa shape index (κ3) is 5.03. The minimum atomic E-state index is -4.69. The summed E-state index contributed by atoms with van der Waals surface area (Å²) in [6.45, 7) is 5.39. The number of carbonyl (C=O) groups is 1. The van der Waals surface area contributed by atoms with E-state index < -0.39 is 50.1 Å². The minimum absolute atomic E-state index is 0.0544. The number of nitrogens with zero attached hydrogens (tertiary/aromatic N) is 2. The zero-order valence-corrected chi connectivity index (χ0v) is 18.8. The van der Waals surface area contributed by atoms with Crippen molar-refractivity contribution in [2.75, 3.05) is 0 Å². The van der Waals surface area contributed by atoms with Gasteiger partial charge in [-0.2, -0.15) is 4.39 Å². The van der Waals surface area contributed by atoms with E-state index in [1.54, 1.807) is 20.8 Å². The van der Waals surface area contributed by atoms with Crippen LogP contribution in [0.25, 0.3) is 11.3 Å². The maximum absolute atomic E-state index is 14.5. The highest BCUT2D eigenvalue weighted by molar-refractivity contribution is 7.90. The van der Waals surface area contributed by atoms with Crippen molar-refractivity contribution in [1.82, 2.24) is 14.3 Å². The Morgan fingerprint density at radius 3 is 2.48 bits per heavy atom. The second-order valence-corrected chi connectivity index (χ2v) is 10.3. The average Bonchev–Trinajstić information content (AvgIpc) is 3.13. The molecule has 0 radical (unpaired) electrons. The van der Waals surface area contributed by atoms with Gasteiger partial charge in [-0.05, 0) is 47.7 Å². The summed E-state index contributed by atoms with van der Waals surface area (Å²) in [6, 6.07) is 6.15. The second-order valence-electron chi connectivity index (χ2n) is 8.50. The van der Waals surface area contributed by atoms with Crippen LogP contribution in [0.1, 0.15) is 26.3 Å². The summed E-state index contributed by atoms with van der Waals surface area (Å²) in [6.07, 6.45) is 1.12. The first-order valence-corrected chi connectivity index (χ1v) is 11.3. The van der Waals surface area contributed by atoms with Crippen molar-refractivity contribution in [2.45, 2.75) is 38.1 Å². The summed E-state index contributed by atoms with van der Waals surface area (Å²) in [4.78, 5) is 13.9. The fraction of sp³-hybridized carbons (Fsp3) is 0.273. The van der Waals surface area contributed by atoms with Gasteiger partial charge in [0, 0.05) is 18.4 Å². The molecule has 11 heteroatoms. The Morgan fingerprint density at radius 2 is 1.88 bits per heavy atom. The molecule has 33 heavy (non-hydrogen) atoms. The number of carboxylic acid groups (broad SMARTS) is 1. The summed E-state index contributed by atoms with van der Waals surface area (Å²) in [5.41, 5.74) is -0.555. The van der Waals surface area contributed by atoms with Crippen LogP contribution in [-0.4, -0.2) is 34.6 Å². The molecule has 2 aromatic heterocycles. The molecule has 1 atom stereocenters. The molecule has 1 aromatic carbocycles. The number of pyridine rings is 1. The van der Waals surface area contributed by atoms with Crippen molar-refractivity contribution >= 4 is 16.1 Å². The molecule has 0 aliphatic rings. The van der Waals surface area contributed by atoms with Gasteiger partial charge in [0.1, 0.15) is 4.90 Å². The van der Waals surface area contributed by atoms with Gasteiger partial charge in [-0.3, -0.25) is 0 Å². The summed E-state index contributed by atoms with van der Waals surface area (Å²) in [7, 11) is -4.69. The zero-order chi connectivity index (χ0) is 24.6. The monoisotopic (exact) mass is 481 g/mol. The Kier molecular flexibility index (Phi) is 6.55. The van der Waals surface area contributed by atoms with E-state index in [1.165, 1.54) is 24.4 Å². The molecule has 0 spiro atoms. The summed E-state index contributed by atoms with van der Waals surface area (Å²) < 4.78 is 69.9. The molecule has 0 fully saturated rings. The number of rotatable bonds is 6. The topological polar surface area (TPSA) is 101 Å². The summed E-state index contributed by atoms with van der Waals surface area (Å²) in [5.74, 6) is -3.88. The van der Waals surface area contributed by atoms with E-state index in [2.05, 4.69) is 10.3 Å². The van der Waals surface area contributed by atoms with Crippen LogP contribution in [0.3, 0.4) is 0 Å². The van der Waals surface area contributed by atoms with Gasteiger partial charge < -0.3 is 10.4 Å². The highest BCUT2D eigenvalue weighted by atomic mass is 32.2. The number of benzene rings is 1. The number of aromatic nitrogens is 2. The van der Waals surface area contributed by atoms with Crippen LogP contribution in [0.4, 0.5) is 18.0 Å². The molecule has 2 N–H and O–H groups in total. The van der Waals surface area contributed by atoms with E-state index in [0.29, 0.717) is 9.54 Å². The largest absolute Gasteiger partial charge is 0.465 e. The van der Waals surface area contributed by atoms with E-state index >= 15 is 0 Å². The van der Waals surface area contributed by atoms with Crippen LogP contribution in [-0.2, 0) is 16.4 Å². The fourth-order valence-corrected chi connectivity index (χ4v) is 4.80. The number of amides is 1. The van der Waals surface area contributed by atoms with Gasteiger partial charge in [0.15, 0.2) is 11.6 Å². The number of nitrogens with one attached hydrogen (secondary N) is 1. The molecule has 0 saturated carbocycles. The smallest absolute Gasteiger partial charge is 0.404 e. The summed E-state index contributed by atoms with van der Waals surface area (Å²) >= 11 is 0. The van der Waals surface area contributed by atoms with E-state index in [1.807, 2.05) is 0 Å². The van der Waals surface area contributed by atoms with Crippen LogP contribution >= 0.6 is 0 Å². The van der Waals surface area contributed by atoms with Crippen molar-refractivity contribution in [1.29, 1.82) is 0 Å². The quantitative estimate of drug-likeness (QED) is 0.508. The molecule has 2 heterocycles. The Balaban J connectivity index is 2.21. The Morgan fingerprint density at radius 1 is 1.18 bits per heavy atom. The molecule has 1 amide bonds. The van der Waals surface area contributed by atoms with Crippen molar-refractivity contribution in [3.05, 3.63) is 71.9 Å². The van der Waals surface area contributed by atoms with Crippen molar-refractivity contribution < 1.29 is 31.5 Å². The minimum Gasteiger partial charge on any atom is -0.465 e. The zero-order valence-electron chi connectivity index (χ0n) is 18.0. The number of hydrogen-bond acceptors (Lipinski definition) is 4. The van der Waals surface area contributed by atoms with Crippen molar-refractivity contribution in [3.8, 4) is 11.3 Å². The normalized spacial score (nSPS) is 13.0. The van der Waals surface area contributed by atoms with Gasteiger partial charge in [0.25, 0.3) is 10.0 Å². The number of halogens is 3. The number of hydrogen-bond donors (Lipinski definition) is 2. The molecule has 0 aliphatic heterocycles. The highest BCUT2D eigenvalue weighted by Gasteiger charge is 2.30. The molecule has 3 rings (SSSR count). The predicted octanol–water partition coefficient (Wildman–Crippen LogP) is 4.43. The molecule has 0 bridgehead atoms. The molecule has 176 valence electrons. The van der Waals surface area contributed by atoms with Gasteiger partial charge >= 0.3 is 6.09 Å². The van der Waals surface area contributed by atoms with Gasteiger partial charge in [-0.15, -0.1) is 0 Å². The molecular formula is C22H22F3N3O4S. The van der Waals surface area contributed by atoms with Gasteiger partial charge in [-0.25, -0.2) is 30.9 Å². The Bertz CT molecular complexity index is 1300. The highest BCUT2D eigenvalue weighted by Crippen LogP contribution is 2.31. The molecule has 7 nitrogen and oxygen atoms in total. The van der Waals surface area contributed by atoms with E-state index in [4.69, 9.17) is 0 Å². The third-order valence-corrected chi connectivity index (χ3v) is 6.80. The molecule has 0 aliphatic carbocycles. The van der Waals surface area contributed by atoms with Crippen LogP contribution in [0.2, 0.25) is 0 Å². The first-order valence-electron chi connectivity index (χ1n) is 9.83. The van der Waals surface area contributed by atoms with Crippen molar-refractivity contribution in [2.24, 2.45) is 5.41 Å². The first-order chi connectivity index (χ1) is 15.3. The predicted molar refractivity (Wildman–Crippen MR) is 115 cm³/mol. The Labute approximate surface area is 189 Å². The fourth-order valence-electron chi connectivity index (χ4n) is 3.33. The lowest BCUT2D eigenvalue weighted by molar-refractivity contribution is 0.174. The Hall–Kier alpha value is -3.34. The third-order valence-electron chi connectivity index (χ3n) is 5.11. The lowest BCUT2D eigenvalue weighted by Gasteiger charge is -2.30. The van der Waals surface area contributed by atoms with Crippen molar-refractivity contribution in [3.63, 3.8) is 0 Å². The molecule has 1 unspecified atom stereocenters. The molecule has 0 saturated heterocycles. The van der Waals surface area contributed by atoms with E-state index in [-0.39, 0.29) is 17.7 Å². The van der Waals surface area contributed by atoms with Gasteiger partial charge in [-0.1, -0.05) is 26.8 Å². The lowest BCUT2D eigenvalue weighted by Crippen LogP contribution is -2.44. The van der Waals surface area contributed by atoms with E-state index in [0.717, 1.165) is 24.4 Å². The molecular weight excluding hydrogens is 459 g/mol. The van der Waals surface area contributed by atoms with Crippen LogP contribution in [0.5, 0.6) is 0 Å². The van der Waals surface area contributed by atoms with E-state index in [9.17, 15) is 31.5 Å². The second kappa shape index (κ2) is 8.89. The van der Waals surface area contributed by atoms with Gasteiger partial charge in [0.2, 0.25) is 5.95 Å². The molecule has 3 aromatic rings. The standard InChI is InChI=1S/C22H22F3N3O4S/c1-22(2,3)18(27-21(29)30)11-13-10-16(14-6-5-9-26-20(14)25)28(12-13)33(31,32)17-8-4-7-15(23)19(17)24/h4-10,12,18,27H,11H2,1-3H3,(H,29,30). The average molecular weight is 481 g/mol. The van der Waals surface area contributed by atoms with Gasteiger partial charge in [0.05, 0.1) is 11.3 Å². The van der Waals surface area contributed by atoms with Crippen LogP contribution in [0.15, 0.2) is 53.7 Å². The van der Waals surface area contributed by atoms with Crippen LogP contribution < -0.4 is 5.32 Å².